The molecule has 0 saturated heterocycles. The molecular formula is C17H23NO4. The topological polar surface area (TPSA) is 68.1 Å². The first-order chi connectivity index (χ1) is 10.8. The smallest absolute Gasteiger partial charge is 0.339 e. The lowest BCUT2D eigenvalue weighted by molar-refractivity contribution is 0.0210. The highest BCUT2D eigenvalue weighted by Gasteiger charge is 2.22. The summed E-state index contributed by atoms with van der Waals surface area (Å²) in [6.45, 7) is 2.38. The minimum absolute atomic E-state index is 0.0135. The third-order valence-electron chi connectivity index (χ3n) is 3.74. The zero-order chi connectivity index (χ0) is 15.8. The van der Waals surface area contributed by atoms with Crippen molar-refractivity contribution < 1.29 is 19.5 Å². The standard InChI is InChI=1S/C17H23NO4/c1-2-12-21-16(18-20)14-10-6-7-11-15(14)17(19)22-13-8-4-3-5-9-13/h6-7,10-11,13,20H,2-5,8-9,12H2,1H3. The molecule has 120 valence electrons. The Bertz CT molecular complexity index is 521. The van der Waals surface area contributed by atoms with Crippen LogP contribution in [0, 0.1) is 0 Å². The molecule has 1 fully saturated rings. The second kappa shape index (κ2) is 8.41. The van der Waals surface area contributed by atoms with Gasteiger partial charge >= 0.3 is 5.97 Å². The summed E-state index contributed by atoms with van der Waals surface area (Å²) in [6, 6.07) is 6.89. The molecule has 0 aliphatic heterocycles. The normalized spacial score (nSPS) is 16.3. The molecule has 0 atom stereocenters. The summed E-state index contributed by atoms with van der Waals surface area (Å²) >= 11 is 0. The fourth-order valence-corrected chi connectivity index (χ4v) is 2.60. The summed E-state index contributed by atoms with van der Waals surface area (Å²) in [5, 5.41) is 12.3. The van der Waals surface area contributed by atoms with E-state index in [-0.39, 0.29) is 18.0 Å². The molecule has 5 heteroatoms. The second-order valence-electron chi connectivity index (χ2n) is 5.46. The molecule has 5 nitrogen and oxygen atoms in total. The van der Waals surface area contributed by atoms with Gasteiger partial charge in [0.1, 0.15) is 6.10 Å². The molecule has 0 amide bonds. The number of hydrogen-bond donors (Lipinski definition) is 1. The number of ether oxygens (including phenoxy) is 2. The number of nitrogens with zero attached hydrogens (tertiary/aromatic N) is 1. The summed E-state index contributed by atoms with van der Waals surface area (Å²) in [7, 11) is 0. The summed E-state index contributed by atoms with van der Waals surface area (Å²) in [5.41, 5.74) is 0.830. The predicted octanol–water partition coefficient (Wildman–Crippen LogP) is 3.74. The van der Waals surface area contributed by atoms with Gasteiger partial charge in [-0.1, -0.05) is 25.5 Å². The average molecular weight is 305 g/mol. The Kier molecular flexibility index (Phi) is 6.25. The molecule has 0 aromatic heterocycles. The summed E-state index contributed by atoms with van der Waals surface area (Å²) < 4.78 is 11.0. The average Bonchev–Trinajstić information content (AvgIpc) is 2.57. The lowest BCUT2D eigenvalue weighted by Crippen LogP contribution is -2.23. The highest BCUT2D eigenvalue weighted by Crippen LogP contribution is 2.22. The third kappa shape index (κ3) is 4.23. The maximum Gasteiger partial charge on any atom is 0.339 e. The van der Waals surface area contributed by atoms with Crippen LogP contribution in [-0.2, 0) is 9.47 Å². The molecule has 1 aliphatic carbocycles. The van der Waals surface area contributed by atoms with Crippen molar-refractivity contribution in [3.05, 3.63) is 35.4 Å². The zero-order valence-corrected chi connectivity index (χ0v) is 13.0. The SMILES string of the molecule is CCCOC(=NO)c1ccccc1C(=O)OC1CCCCC1. The van der Waals surface area contributed by atoms with Crippen molar-refractivity contribution in [2.45, 2.75) is 51.6 Å². The van der Waals surface area contributed by atoms with Gasteiger partial charge in [-0.15, -0.1) is 0 Å². The van der Waals surface area contributed by atoms with Crippen LogP contribution in [0.4, 0.5) is 0 Å². The van der Waals surface area contributed by atoms with Crippen LogP contribution >= 0.6 is 0 Å². The molecular weight excluding hydrogens is 282 g/mol. The van der Waals surface area contributed by atoms with E-state index >= 15 is 0 Å². The first-order valence-corrected chi connectivity index (χ1v) is 7.91. The molecule has 0 spiro atoms. The second-order valence-corrected chi connectivity index (χ2v) is 5.46. The number of carbonyl (C=O) groups excluding carboxylic acids is 1. The van der Waals surface area contributed by atoms with Crippen molar-refractivity contribution in [1.29, 1.82) is 0 Å². The minimum Gasteiger partial charge on any atom is -0.475 e. The van der Waals surface area contributed by atoms with Crippen LogP contribution in [-0.4, -0.2) is 29.8 Å². The van der Waals surface area contributed by atoms with Gasteiger partial charge in [0.2, 0.25) is 0 Å². The Morgan fingerprint density at radius 1 is 1.23 bits per heavy atom. The van der Waals surface area contributed by atoms with Gasteiger partial charge in [-0.25, -0.2) is 4.79 Å². The van der Waals surface area contributed by atoms with Crippen molar-refractivity contribution in [1.82, 2.24) is 0 Å². The van der Waals surface area contributed by atoms with E-state index in [0.717, 1.165) is 32.1 Å². The van der Waals surface area contributed by atoms with Crippen LogP contribution in [0.5, 0.6) is 0 Å². The number of carbonyl (C=O) groups is 1. The fourth-order valence-electron chi connectivity index (χ4n) is 2.60. The molecule has 1 saturated carbocycles. The van der Waals surface area contributed by atoms with Gasteiger partial charge in [-0.2, -0.15) is 0 Å². The number of rotatable bonds is 5. The van der Waals surface area contributed by atoms with Gasteiger partial charge in [0.05, 0.1) is 17.7 Å². The number of oxime groups is 1. The Labute approximate surface area is 130 Å². The van der Waals surface area contributed by atoms with E-state index in [1.54, 1.807) is 24.3 Å². The molecule has 1 aromatic carbocycles. The highest BCUT2D eigenvalue weighted by molar-refractivity contribution is 6.05. The molecule has 1 aromatic rings. The van der Waals surface area contributed by atoms with Crippen LogP contribution in [0.2, 0.25) is 0 Å². The third-order valence-corrected chi connectivity index (χ3v) is 3.74. The van der Waals surface area contributed by atoms with E-state index in [0.29, 0.717) is 17.7 Å². The van der Waals surface area contributed by atoms with E-state index in [1.165, 1.54) is 6.42 Å². The Morgan fingerprint density at radius 2 is 1.91 bits per heavy atom. The van der Waals surface area contributed by atoms with Crippen molar-refractivity contribution in [3.8, 4) is 0 Å². The van der Waals surface area contributed by atoms with Crippen molar-refractivity contribution in [2.24, 2.45) is 5.16 Å². The first kappa shape index (κ1) is 16.3. The van der Waals surface area contributed by atoms with Gasteiger partial charge in [0, 0.05) is 0 Å². The van der Waals surface area contributed by atoms with Gasteiger partial charge in [-0.05, 0) is 49.4 Å². The Balaban J connectivity index is 2.14. The van der Waals surface area contributed by atoms with Gasteiger partial charge in [-0.3, -0.25) is 0 Å². The van der Waals surface area contributed by atoms with Gasteiger partial charge in [0.15, 0.2) is 0 Å². The highest BCUT2D eigenvalue weighted by atomic mass is 16.5. The molecule has 2 rings (SSSR count). The lowest BCUT2D eigenvalue weighted by atomic mass is 9.97. The zero-order valence-electron chi connectivity index (χ0n) is 13.0. The molecule has 1 N–H and O–H groups in total. The van der Waals surface area contributed by atoms with E-state index in [9.17, 15) is 4.79 Å². The largest absolute Gasteiger partial charge is 0.475 e. The number of hydrogen-bond acceptors (Lipinski definition) is 5. The van der Waals surface area contributed by atoms with Gasteiger partial charge in [0.25, 0.3) is 5.90 Å². The molecule has 22 heavy (non-hydrogen) atoms. The molecule has 0 radical (unpaired) electrons. The monoisotopic (exact) mass is 305 g/mol. The molecule has 0 unspecified atom stereocenters. The Morgan fingerprint density at radius 3 is 2.55 bits per heavy atom. The van der Waals surface area contributed by atoms with Crippen molar-refractivity contribution >= 4 is 11.9 Å². The number of benzene rings is 1. The van der Waals surface area contributed by atoms with E-state index < -0.39 is 0 Å². The summed E-state index contributed by atoms with van der Waals surface area (Å²) in [4.78, 5) is 12.4. The van der Waals surface area contributed by atoms with E-state index in [2.05, 4.69) is 5.16 Å². The van der Waals surface area contributed by atoms with Crippen LogP contribution < -0.4 is 0 Å². The van der Waals surface area contributed by atoms with Crippen LogP contribution in [0.25, 0.3) is 0 Å². The first-order valence-electron chi connectivity index (χ1n) is 7.91. The Hall–Kier alpha value is -2.04. The van der Waals surface area contributed by atoms with Crippen LogP contribution in [0.1, 0.15) is 61.4 Å². The quantitative estimate of drug-likeness (QED) is 0.296. The van der Waals surface area contributed by atoms with E-state index in [4.69, 9.17) is 14.7 Å². The lowest BCUT2D eigenvalue weighted by Gasteiger charge is -2.22. The maximum absolute atomic E-state index is 12.4. The predicted molar refractivity (Wildman–Crippen MR) is 83.3 cm³/mol. The van der Waals surface area contributed by atoms with E-state index in [1.807, 2.05) is 6.92 Å². The van der Waals surface area contributed by atoms with Crippen LogP contribution in [0.15, 0.2) is 29.4 Å². The summed E-state index contributed by atoms with van der Waals surface area (Å²) in [5.74, 6) is -0.332. The maximum atomic E-state index is 12.4. The summed E-state index contributed by atoms with van der Waals surface area (Å²) in [6.07, 6.45) is 6.01. The van der Waals surface area contributed by atoms with Gasteiger partial charge < -0.3 is 14.7 Å². The van der Waals surface area contributed by atoms with Crippen LogP contribution in [0.3, 0.4) is 0 Å². The molecule has 0 heterocycles. The van der Waals surface area contributed by atoms with Crippen molar-refractivity contribution in [3.63, 3.8) is 0 Å². The number of esters is 1. The van der Waals surface area contributed by atoms with Crippen molar-refractivity contribution in [2.75, 3.05) is 6.61 Å². The molecule has 0 bridgehead atoms. The minimum atomic E-state index is -0.385. The molecule has 1 aliphatic rings. The fraction of sp³-hybridized carbons (Fsp3) is 0.529.